The van der Waals surface area contributed by atoms with E-state index in [4.69, 9.17) is 5.73 Å². The van der Waals surface area contributed by atoms with Gasteiger partial charge in [-0.15, -0.1) is 0 Å². The van der Waals surface area contributed by atoms with E-state index in [1.54, 1.807) is 43.0 Å². The molecule has 0 unspecified atom stereocenters. The van der Waals surface area contributed by atoms with Gasteiger partial charge >= 0.3 is 5.97 Å². The highest BCUT2D eigenvalue weighted by Crippen LogP contribution is 2.27. The minimum absolute atomic E-state index is 0.239. The largest absolute Gasteiger partial charge is 0.477 e. The van der Waals surface area contributed by atoms with Gasteiger partial charge < -0.3 is 30.9 Å². The maximum atomic E-state index is 13.3. The second-order valence-corrected chi connectivity index (χ2v) is 8.20. The van der Waals surface area contributed by atoms with Gasteiger partial charge in [-0.25, -0.2) is 9.78 Å². The van der Waals surface area contributed by atoms with Gasteiger partial charge in [-0.2, -0.15) is 0 Å². The summed E-state index contributed by atoms with van der Waals surface area (Å²) in [6, 6.07) is 6.41. The summed E-state index contributed by atoms with van der Waals surface area (Å²) in [6.45, 7) is 3.44. The molecule has 0 radical (unpaired) electrons. The molecule has 1 aliphatic rings. The maximum absolute atomic E-state index is 13.3. The number of carboxylic acid groups (broad SMARTS) is 1. The van der Waals surface area contributed by atoms with E-state index in [1.165, 1.54) is 4.57 Å². The van der Waals surface area contributed by atoms with Gasteiger partial charge in [0.05, 0.1) is 23.4 Å². The van der Waals surface area contributed by atoms with Crippen LogP contribution in [0.5, 0.6) is 0 Å². The van der Waals surface area contributed by atoms with Crippen molar-refractivity contribution in [2.45, 2.75) is 6.42 Å². The Labute approximate surface area is 195 Å². The second-order valence-electron chi connectivity index (χ2n) is 8.20. The first-order valence-electron chi connectivity index (χ1n) is 10.9. The zero-order valence-electron chi connectivity index (χ0n) is 18.8. The fraction of sp³-hybridized carbons (Fsp3) is 0.304. The lowest BCUT2D eigenvalue weighted by Crippen LogP contribution is -2.45. The number of anilines is 2. The number of nitrogens with zero attached hydrogens (tertiary/aromatic N) is 4. The number of pyridine rings is 1. The predicted molar refractivity (Wildman–Crippen MR) is 128 cm³/mol. The number of benzene rings is 1. The molecule has 2 aromatic heterocycles. The molecule has 1 aromatic carbocycles. The summed E-state index contributed by atoms with van der Waals surface area (Å²) in [5.74, 6) is -1.89. The molecule has 3 aromatic rings. The van der Waals surface area contributed by atoms with E-state index in [0.717, 1.165) is 18.8 Å². The summed E-state index contributed by atoms with van der Waals surface area (Å²) in [7, 11) is 2.03. The molecule has 1 amide bonds. The van der Waals surface area contributed by atoms with Crippen LogP contribution in [0.1, 0.15) is 26.4 Å². The Morgan fingerprint density at radius 2 is 1.94 bits per heavy atom. The number of hydrogen-bond acceptors (Lipinski definition) is 7. The van der Waals surface area contributed by atoms with Gasteiger partial charge in [-0.3, -0.25) is 14.2 Å². The molecule has 11 nitrogen and oxygen atoms in total. The van der Waals surface area contributed by atoms with E-state index in [9.17, 15) is 19.5 Å². The number of rotatable bonds is 8. The summed E-state index contributed by atoms with van der Waals surface area (Å²) in [5.41, 5.74) is 7.07. The number of aromatic nitrogens is 3. The molecule has 1 fully saturated rings. The van der Waals surface area contributed by atoms with Crippen molar-refractivity contribution in [2.75, 3.05) is 50.0 Å². The minimum Gasteiger partial charge on any atom is -0.477 e. The smallest absolute Gasteiger partial charge is 0.343 e. The minimum atomic E-state index is -1.32. The number of likely N-dealkylation sites (N-methyl/N-ethyl adjacent to an activating group) is 1. The molecule has 11 heteroatoms. The Balaban J connectivity index is 1.72. The van der Waals surface area contributed by atoms with E-state index in [-0.39, 0.29) is 11.3 Å². The number of amides is 1. The van der Waals surface area contributed by atoms with Crippen molar-refractivity contribution in [1.82, 2.24) is 19.4 Å². The zero-order chi connectivity index (χ0) is 24.2. The molecule has 0 saturated carbocycles. The molecular weight excluding hydrogens is 438 g/mol. The Morgan fingerprint density at radius 1 is 1.18 bits per heavy atom. The van der Waals surface area contributed by atoms with Gasteiger partial charge in [0.25, 0.3) is 5.56 Å². The molecular formula is C23H27N7O4. The normalized spacial score (nSPS) is 14.2. The quantitative estimate of drug-likeness (QED) is 0.381. The monoisotopic (exact) mass is 465 g/mol. The van der Waals surface area contributed by atoms with Gasteiger partial charge in [0.2, 0.25) is 5.91 Å². The molecule has 1 saturated heterocycles. The first-order chi connectivity index (χ1) is 16.3. The highest BCUT2D eigenvalue weighted by molar-refractivity contribution is 5.95. The number of carbonyl (C=O) groups is 2. The van der Waals surface area contributed by atoms with Gasteiger partial charge in [0, 0.05) is 62.8 Å². The lowest BCUT2D eigenvalue weighted by atomic mass is 10.1. The fourth-order valence-electron chi connectivity index (χ4n) is 4.01. The van der Waals surface area contributed by atoms with E-state index >= 15 is 0 Å². The Bertz CT molecular complexity index is 1240. The number of H-pyrrole nitrogens is 1. The predicted octanol–water partition coefficient (Wildman–Crippen LogP) is 0.764. The number of piperazine rings is 1. The van der Waals surface area contributed by atoms with Crippen LogP contribution in [-0.4, -0.2) is 76.2 Å². The summed E-state index contributed by atoms with van der Waals surface area (Å²) < 4.78 is 1.31. The van der Waals surface area contributed by atoms with Crippen molar-refractivity contribution in [3.63, 3.8) is 0 Å². The van der Waals surface area contributed by atoms with E-state index < -0.39 is 17.4 Å². The molecule has 34 heavy (non-hydrogen) atoms. The highest BCUT2D eigenvalue weighted by atomic mass is 16.4. The van der Waals surface area contributed by atoms with Crippen LogP contribution in [-0.2, 0) is 6.42 Å². The van der Waals surface area contributed by atoms with Crippen LogP contribution >= 0.6 is 0 Å². The van der Waals surface area contributed by atoms with E-state index in [0.29, 0.717) is 43.0 Å². The number of nitrogens with two attached hydrogens (primary N) is 1. The molecule has 5 N–H and O–H groups in total. The molecule has 0 aliphatic carbocycles. The molecule has 178 valence electrons. The van der Waals surface area contributed by atoms with Gasteiger partial charge in [0.1, 0.15) is 5.56 Å². The summed E-state index contributed by atoms with van der Waals surface area (Å²) in [4.78, 5) is 48.4. The number of aromatic carboxylic acids is 1. The third-order valence-electron chi connectivity index (χ3n) is 5.93. The third kappa shape index (κ3) is 4.79. The van der Waals surface area contributed by atoms with Crippen molar-refractivity contribution in [3.8, 4) is 5.69 Å². The molecule has 0 spiro atoms. The summed E-state index contributed by atoms with van der Waals surface area (Å²) in [5, 5.41) is 12.9. The van der Waals surface area contributed by atoms with E-state index in [1.807, 2.05) is 7.05 Å². The zero-order valence-corrected chi connectivity index (χ0v) is 18.8. The standard InChI is InChI=1S/C23H27N7O4/c1-28-8-10-29(11-9-28)19-12-15(21(24)31)2-3-18(19)30-7-5-17(20(22(30)32)23(33)34)26-6-4-16-13-25-14-27-16/h2-3,5,7,12-14,26H,4,6,8-11H2,1H3,(H2,24,31)(H,25,27)(H,33,34). The van der Waals surface area contributed by atoms with Crippen LogP contribution in [0, 0.1) is 0 Å². The van der Waals surface area contributed by atoms with Crippen molar-refractivity contribution in [1.29, 1.82) is 0 Å². The van der Waals surface area contributed by atoms with Gasteiger partial charge in [-0.1, -0.05) is 0 Å². The van der Waals surface area contributed by atoms with Crippen LogP contribution in [0.2, 0.25) is 0 Å². The fourth-order valence-corrected chi connectivity index (χ4v) is 4.01. The van der Waals surface area contributed by atoms with Crippen molar-refractivity contribution < 1.29 is 14.7 Å². The highest BCUT2D eigenvalue weighted by Gasteiger charge is 2.23. The average Bonchev–Trinajstić information content (AvgIpc) is 3.33. The second kappa shape index (κ2) is 9.79. The van der Waals surface area contributed by atoms with Crippen LogP contribution < -0.4 is 21.5 Å². The Morgan fingerprint density at radius 3 is 2.59 bits per heavy atom. The average molecular weight is 466 g/mol. The number of imidazole rings is 1. The van der Waals surface area contributed by atoms with Crippen LogP contribution in [0.4, 0.5) is 11.4 Å². The lowest BCUT2D eigenvalue weighted by molar-refractivity contribution is 0.0695. The number of hydrogen-bond donors (Lipinski definition) is 4. The number of carbonyl (C=O) groups excluding carboxylic acids is 1. The van der Waals surface area contributed by atoms with Gasteiger partial charge in [-0.05, 0) is 31.3 Å². The Hall–Kier alpha value is -4.12. The first kappa shape index (κ1) is 23.1. The van der Waals surface area contributed by atoms with Gasteiger partial charge in [0.15, 0.2) is 0 Å². The maximum Gasteiger partial charge on any atom is 0.343 e. The molecule has 0 bridgehead atoms. The Kier molecular flexibility index (Phi) is 6.64. The number of carboxylic acids is 1. The summed E-state index contributed by atoms with van der Waals surface area (Å²) >= 11 is 0. The molecule has 4 rings (SSSR count). The number of nitrogens with one attached hydrogen (secondary N) is 2. The van der Waals surface area contributed by atoms with Crippen molar-refractivity contribution >= 4 is 23.3 Å². The number of aromatic amines is 1. The van der Waals surface area contributed by atoms with Crippen LogP contribution in [0.15, 0.2) is 47.8 Å². The van der Waals surface area contributed by atoms with Crippen molar-refractivity contribution in [2.24, 2.45) is 5.73 Å². The van der Waals surface area contributed by atoms with E-state index in [2.05, 4.69) is 25.1 Å². The first-order valence-corrected chi connectivity index (χ1v) is 10.9. The van der Waals surface area contributed by atoms with Crippen LogP contribution in [0.25, 0.3) is 5.69 Å². The summed E-state index contributed by atoms with van der Waals surface area (Å²) in [6.07, 6.45) is 5.39. The molecule has 0 atom stereocenters. The van der Waals surface area contributed by atoms with Crippen molar-refractivity contribution in [3.05, 3.63) is 70.2 Å². The SMILES string of the molecule is CN1CCN(c2cc(C(N)=O)ccc2-n2ccc(NCCc3cnc[nH]3)c(C(=O)O)c2=O)CC1. The lowest BCUT2D eigenvalue weighted by Gasteiger charge is -2.35. The number of primary amides is 1. The topological polar surface area (TPSA) is 150 Å². The molecule has 1 aliphatic heterocycles. The molecule has 3 heterocycles. The van der Waals surface area contributed by atoms with Crippen LogP contribution in [0.3, 0.4) is 0 Å². The third-order valence-corrected chi connectivity index (χ3v) is 5.93.